The van der Waals surface area contributed by atoms with Crippen LogP contribution in [-0.4, -0.2) is 43.0 Å². The van der Waals surface area contributed by atoms with E-state index in [1.807, 2.05) is 0 Å². The van der Waals surface area contributed by atoms with Crippen LogP contribution in [0.25, 0.3) is 0 Å². The maximum absolute atomic E-state index is 14.0. The second-order valence-corrected chi connectivity index (χ2v) is 10.2. The number of hydrogen-bond donors (Lipinski definition) is 2. The van der Waals surface area contributed by atoms with Gasteiger partial charge in [-0.25, -0.2) is 9.37 Å². The molecule has 1 aliphatic carbocycles. The predicted molar refractivity (Wildman–Crippen MR) is 158 cm³/mol. The molecule has 0 bridgehead atoms. The van der Waals surface area contributed by atoms with E-state index in [0.29, 0.717) is 28.6 Å². The number of nitrogens with one attached hydrogen (secondary N) is 2. The van der Waals surface area contributed by atoms with Crippen LogP contribution in [0.3, 0.4) is 0 Å². The van der Waals surface area contributed by atoms with E-state index in [9.17, 15) is 18.8 Å². The van der Waals surface area contributed by atoms with Gasteiger partial charge in [0, 0.05) is 31.1 Å². The highest BCUT2D eigenvalue weighted by Crippen LogP contribution is 2.38. The number of hydrogen-bond acceptors (Lipinski definition) is 6. The molecular weight excluding hydrogens is 539 g/mol. The summed E-state index contributed by atoms with van der Waals surface area (Å²) in [6, 6.07) is 14.6. The van der Waals surface area contributed by atoms with E-state index in [1.165, 1.54) is 43.4 Å². The molecule has 2 aromatic carbocycles. The topological polar surface area (TPSA) is 110 Å². The Balaban J connectivity index is 1.65. The van der Waals surface area contributed by atoms with Gasteiger partial charge in [0.05, 0.1) is 19.9 Å². The molecule has 9 nitrogen and oxygen atoms in total. The van der Waals surface area contributed by atoms with E-state index in [-0.39, 0.29) is 37.1 Å². The summed E-state index contributed by atoms with van der Waals surface area (Å²) in [6.45, 7) is 0. The number of rotatable bonds is 12. The lowest BCUT2D eigenvalue weighted by Crippen LogP contribution is -2.47. The van der Waals surface area contributed by atoms with E-state index in [1.54, 1.807) is 42.6 Å². The number of carbonyl (C=O) groups is 3. The fourth-order valence-electron chi connectivity index (χ4n) is 5.15. The van der Waals surface area contributed by atoms with Crippen LogP contribution in [0.2, 0.25) is 0 Å². The molecule has 3 aromatic rings. The molecule has 1 aromatic heterocycles. The Morgan fingerprint density at radius 2 is 1.74 bits per heavy atom. The summed E-state index contributed by atoms with van der Waals surface area (Å²) in [6.07, 6.45) is 6.71. The van der Waals surface area contributed by atoms with Crippen LogP contribution < -0.4 is 25.0 Å². The molecule has 1 saturated carbocycles. The number of halogens is 1. The lowest BCUT2D eigenvalue weighted by Gasteiger charge is -2.34. The first-order chi connectivity index (χ1) is 20.4. The highest BCUT2D eigenvalue weighted by Gasteiger charge is 2.35. The molecule has 10 heteroatoms. The van der Waals surface area contributed by atoms with E-state index in [0.717, 1.165) is 32.1 Å². The minimum absolute atomic E-state index is 0.0146. The minimum atomic E-state index is -1.11. The maximum atomic E-state index is 14.0. The van der Waals surface area contributed by atoms with Gasteiger partial charge in [0.2, 0.25) is 17.7 Å². The molecule has 1 fully saturated rings. The van der Waals surface area contributed by atoms with Gasteiger partial charge in [0.15, 0.2) is 0 Å². The molecular formula is C32H37FN4O5. The highest BCUT2D eigenvalue weighted by atomic mass is 19.1. The monoisotopic (exact) mass is 576 g/mol. The van der Waals surface area contributed by atoms with Gasteiger partial charge < -0.3 is 20.1 Å². The van der Waals surface area contributed by atoms with Crippen LogP contribution in [-0.2, 0) is 14.4 Å². The van der Waals surface area contributed by atoms with Crippen molar-refractivity contribution in [2.45, 2.75) is 63.5 Å². The van der Waals surface area contributed by atoms with E-state index >= 15 is 0 Å². The summed E-state index contributed by atoms with van der Waals surface area (Å²) < 4.78 is 24.9. The zero-order valence-electron chi connectivity index (χ0n) is 24.0. The zero-order valence-corrected chi connectivity index (χ0v) is 24.0. The molecule has 0 spiro atoms. The molecule has 42 heavy (non-hydrogen) atoms. The normalized spacial score (nSPS) is 14.0. The third kappa shape index (κ3) is 8.05. The first-order valence-corrected chi connectivity index (χ1v) is 14.2. The number of anilines is 2. The van der Waals surface area contributed by atoms with Crippen LogP contribution >= 0.6 is 0 Å². The Morgan fingerprint density at radius 3 is 2.40 bits per heavy atom. The van der Waals surface area contributed by atoms with E-state index in [4.69, 9.17) is 9.47 Å². The lowest BCUT2D eigenvalue weighted by molar-refractivity contribution is -0.127. The van der Waals surface area contributed by atoms with Crippen LogP contribution in [0.5, 0.6) is 11.5 Å². The van der Waals surface area contributed by atoms with Crippen molar-refractivity contribution in [2.75, 3.05) is 24.4 Å². The highest BCUT2D eigenvalue weighted by molar-refractivity contribution is 6.02. The van der Waals surface area contributed by atoms with Crippen molar-refractivity contribution in [1.82, 2.24) is 10.3 Å². The smallest absolute Gasteiger partial charge is 0.248 e. The molecule has 3 amide bonds. The van der Waals surface area contributed by atoms with Crippen molar-refractivity contribution in [3.8, 4) is 11.5 Å². The number of pyridine rings is 1. The Hall–Kier alpha value is -4.47. The second kappa shape index (κ2) is 15.0. The summed E-state index contributed by atoms with van der Waals surface area (Å²) in [7, 11) is 2.99. The Morgan fingerprint density at radius 1 is 0.976 bits per heavy atom. The van der Waals surface area contributed by atoms with Crippen LogP contribution in [0, 0.1) is 5.82 Å². The van der Waals surface area contributed by atoms with Crippen molar-refractivity contribution < 1.29 is 28.2 Å². The first-order valence-electron chi connectivity index (χ1n) is 14.2. The molecule has 0 saturated heterocycles. The van der Waals surface area contributed by atoms with Gasteiger partial charge in [-0.1, -0.05) is 37.5 Å². The molecule has 1 atom stereocenters. The van der Waals surface area contributed by atoms with Crippen molar-refractivity contribution in [1.29, 1.82) is 0 Å². The Labute approximate surface area is 245 Å². The predicted octanol–water partition coefficient (Wildman–Crippen LogP) is 5.57. The fourth-order valence-corrected chi connectivity index (χ4v) is 5.15. The van der Waals surface area contributed by atoms with Gasteiger partial charge in [0.25, 0.3) is 0 Å². The number of aromatic nitrogens is 1. The van der Waals surface area contributed by atoms with Crippen molar-refractivity contribution in [2.24, 2.45) is 0 Å². The SMILES string of the molecule is COc1ccc(N(C(=O)CCCC(=O)Nc2ccccn2)[C@H](C(=O)NC2CCCCC2)c2ccc(F)cc2)c(OC)c1. The average Bonchev–Trinajstić information content (AvgIpc) is 3.01. The maximum Gasteiger partial charge on any atom is 0.248 e. The van der Waals surface area contributed by atoms with Gasteiger partial charge in [-0.3, -0.25) is 19.3 Å². The quantitative estimate of drug-likeness (QED) is 0.292. The zero-order chi connectivity index (χ0) is 29.9. The molecule has 0 radical (unpaired) electrons. The number of benzene rings is 2. The molecule has 2 N–H and O–H groups in total. The standard InChI is InChI=1S/C32H37FN4O5/c1-41-25-18-19-26(27(21-25)42-2)37(30(39)13-8-12-29(38)36-28-11-6-7-20-34-28)31(22-14-16-23(33)17-15-22)32(40)35-24-9-4-3-5-10-24/h6-7,11,14-21,24,31H,3-5,8-10,12-13H2,1-2H3,(H,35,40)(H,34,36,38)/t31-/m0/s1. The molecule has 1 aliphatic rings. The van der Waals surface area contributed by atoms with Gasteiger partial charge in [-0.2, -0.15) is 0 Å². The first kappa shape index (κ1) is 30.5. The van der Waals surface area contributed by atoms with Gasteiger partial charge >= 0.3 is 0 Å². The molecule has 0 aliphatic heterocycles. The lowest BCUT2D eigenvalue weighted by atomic mass is 9.94. The fraction of sp³-hybridized carbons (Fsp3) is 0.375. The number of ether oxygens (including phenoxy) is 2. The minimum Gasteiger partial charge on any atom is -0.497 e. The van der Waals surface area contributed by atoms with Crippen molar-refractivity contribution >= 4 is 29.2 Å². The Bertz CT molecular complexity index is 1350. The van der Waals surface area contributed by atoms with Crippen LogP contribution in [0.15, 0.2) is 66.9 Å². The summed E-state index contributed by atoms with van der Waals surface area (Å²) in [5.41, 5.74) is 0.804. The second-order valence-electron chi connectivity index (χ2n) is 10.2. The molecule has 222 valence electrons. The molecule has 4 rings (SSSR count). The number of nitrogens with zero attached hydrogens (tertiary/aromatic N) is 2. The van der Waals surface area contributed by atoms with Crippen molar-refractivity contribution in [3.05, 3.63) is 78.2 Å². The summed E-state index contributed by atoms with van der Waals surface area (Å²) in [5, 5.41) is 5.85. The van der Waals surface area contributed by atoms with Gasteiger partial charge in [-0.15, -0.1) is 0 Å². The number of methoxy groups -OCH3 is 2. The average molecular weight is 577 g/mol. The summed E-state index contributed by atoms with van der Waals surface area (Å²) in [4.78, 5) is 46.0. The van der Waals surface area contributed by atoms with Crippen molar-refractivity contribution in [3.63, 3.8) is 0 Å². The van der Waals surface area contributed by atoms with E-state index in [2.05, 4.69) is 15.6 Å². The van der Waals surface area contributed by atoms with E-state index < -0.39 is 17.8 Å². The summed E-state index contributed by atoms with van der Waals surface area (Å²) >= 11 is 0. The third-order valence-corrected chi connectivity index (χ3v) is 7.29. The third-order valence-electron chi connectivity index (χ3n) is 7.29. The summed E-state index contributed by atoms with van der Waals surface area (Å²) in [5.74, 6) is -0.226. The van der Waals surface area contributed by atoms with Gasteiger partial charge in [-0.05, 0) is 61.2 Å². The number of amides is 3. The largest absolute Gasteiger partial charge is 0.497 e. The van der Waals surface area contributed by atoms with Crippen LogP contribution in [0.1, 0.15) is 63.0 Å². The molecule has 0 unspecified atom stereocenters. The number of carbonyl (C=O) groups excluding carboxylic acids is 3. The van der Waals surface area contributed by atoms with Crippen LogP contribution in [0.4, 0.5) is 15.9 Å². The molecule has 1 heterocycles. The van der Waals surface area contributed by atoms with Gasteiger partial charge in [0.1, 0.15) is 29.2 Å². The Kier molecular flexibility index (Phi) is 10.9.